The molecule has 4 rings (SSSR count). The van der Waals surface area contributed by atoms with Crippen LogP contribution in [0.4, 0.5) is 11.5 Å². The summed E-state index contributed by atoms with van der Waals surface area (Å²) >= 11 is 0. The summed E-state index contributed by atoms with van der Waals surface area (Å²) in [7, 11) is -1.61. The Bertz CT molecular complexity index is 1110. The first-order chi connectivity index (χ1) is 14.0. The van der Waals surface area contributed by atoms with Crippen LogP contribution >= 0.6 is 0 Å². The van der Waals surface area contributed by atoms with Crippen LogP contribution < -0.4 is 10.6 Å². The topological polar surface area (TPSA) is 116 Å². The second-order valence-electron chi connectivity index (χ2n) is 7.15. The van der Waals surface area contributed by atoms with Gasteiger partial charge in [-0.2, -0.15) is 0 Å². The third kappa shape index (κ3) is 4.03. The highest BCUT2D eigenvalue weighted by Crippen LogP contribution is 2.32. The van der Waals surface area contributed by atoms with Gasteiger partial charge in [-0.15, -0.1) is 5.10 Å². The molecule has 1 fully saturated rings. The molecule has 29 heavy (non-hydrogen) atoms. The zero-order chi connectivity index (χ0) is 20.4. The number of piperidine rings is 1. The quantitative estimate of drug-likeness (QED) is 0.641. The van der Waals surface area contributed by atoms with Crippen LogP contribution in [0.15, 0.2) is 36.9 Å². The van der Waals surface area contributed by atoms with Crippen LogP contribution in [0.1, 0.15) is 12.8 Å². The minimum atomic E-state index is -3.13. The van der Waals surface area contributed by atoms with E-state index in [9.17, 15) is 8.42 Å². The molecule has 0 saturated carbocycles. The van der Waals surface area contributed by atoms with Gasteiger partial charge in [0.1, 0.15) is 5.82 Å². The lowest BCUT2D eigenvalue weighted by Gasteiger charge is -2.34. The lowest BCUT2D eigenvalue weighted by molar-refractivity contribution is 0.216. The van der Waals surface area contributed by atoms with Crippen molar-refractivity contribution in [1.82, 2.24) is 19.6 Å². The van der Waals surface area contributed by atoms with Crippen LogP contribution in [-0.4, -0.2) is 65.8 Å². The van der Waals surface area contributed by atoms with E-state index in [0.717, 1.165) is 16.8 Å². The van der Waals surface area contributed by atoms with Crippen molar-refractivity contribution in [2.24, 2.45) is 0 Å². The first kappa shape index (κ1) is 19.6. The van der Waals surface area contributed by atoms with E-state index in [4.69, 9.17) is 10.5 Å². The summed E-state index contributed by atoms with van der Waals surface area (Å²) < 4.78 is 31.5. The fraction of sp³-hybridized carbons (Fsp3) is 0.421. The molecule has 1 aliphatic rings. The number of rotatable bonds is 6. The summed E-state index contributed by atoms with van der Waals surface area (Å²) in [6.07, 6.45) is 8.40. The van der Waals surface area contributed by atoms with E-state index in [0.29, 0.717) is 37.4 Å². The second kappa shape index (κ2) is 7.96. The van der Waals surface area contributed by atoms with Gasteiger partial charge < -0.3 is 15.4 Å². The molecule has 3 aromatic heterocycles. The number of anilines is 2. The third-order valence-corrected chi connectivity index (χ3v) is 7.53. The largest absolute Gasteiger partial charge is 0.384 e. The fourth-order valence-electron chi connectivity index (χ4n) is 3.74. The molecule has 1 aliphatic heterocycles. The van der Waals surface area contributed by atoms with Crippen LogP contribution in [0.3, 0.4) is 0 Å². The summed E-state index contributed by atoms with van der Waals surface area (Å²) in [5, 5.41) is 3.91. The van der Waals surface area contributed by atoms with E-state index in [2.05, 4.69) is 20.0 Å². The molecule has 3 aromatic rings. The molecule has 0 radical (unpaired) electrons. The zero-order valence-electron chi connectivity index (χ0n) is 16.2. The van der Waals surface area contributed by atoms with Gasteiger partial charge in [-0.05, 0) is 18.9 Å². The van der Waals surface area contributed by atoms with Crippen molar-refractivity contribution in [3.8, 4) is 11.1 Å². The number of nitrogen functional groups attached to an aromatic ring is 1. The van der Waals surface area contributed by atoms with Gasteiger partial charge >= 0.3 is 0 Å². The Hall–Kier alpha value is -2.72. The summed E-state index contributed by atoms with van der Waals surface area (Å²) in [6.45, 7) is 1.57. The smallest absolute Gasteiger partial charge is 0.157 e. The molecule has 0 bridgehead atoms. The predicted molar refractivity (Wildman–Crippen MR) is 112 cm³/mol. The molecule has 0 atom stereocenters. The normalized spacial score (nSPS) is 15.8. The van der Waals surface area contributed by atoms with Gasteiger partial charge in [-0.1, -0.05) is 0 Å². The predicted octanol–water partition coefficient (Wildman–Crippen LogP) is 1.40. The molecule has 10 heteroatoms. The maximum atomic E-state index is 12.5. The highest BCUT2D eigenvalue weighted by atomic mass is 32.2. The third-order valence-electron chi connectivity index (χ3n) is 5.30. The van der Waals surface area contributed by atoms with Gasteiger partial charge in [-0.25, -0.2) is 17.9 Å². The van der Waals surface area contributed by atoms with Crippen LogP contribution in [0.25, 0.3) is 16.8 Å². The van der Waals surface area contributed by atoms with Crippen molar-refractivity contribution in [3.63, 3.8) is 0 Å². The lowest BCUT2D eigenvalue weighted by atomic mass is 10.1. The van der Waals surface area contributed by atoms with Crippen molar-refractivity contribution in [3.05, 3.63) is 36.9 Å². The number of nitrogens with zero attached hydrogens (tertiary/aromatic N) is 5. The summed E-state index contributed by atoms with van der Waals surface area (Å²) in [4.78, 5) is 10.9. The second-order valence-corrected chi connectivity index (χ2v) is 9.55. The van der Waals surface area contributed by atoms with Crippen molar-refractivity contribution in [2.45, 2.75) is 18.1 Å². The molecule has 1 saturated heterocycles. The molecule has 4 heterocycles. The molecule has 0 amide bonds. The van der Waals surface area contributed by atoms with Crippen molar-refractivity contribution in [2.75, 3.05) is 43.2 Å². The summed E-state index contributed by atoms with van der Waals surface area (Å²) in [5.41, 5.74) is 9.24. The minimum Gasteiger partial charge on any atom is -0.384 e. The highest BCUT2D eigenvalue weighted by molar-refractivity contribution is 7.92. The molecule has 154 valence electrons. The Morgan fingerprint density at radius 3 is 2.83 bits per heavy atom. The Labute approximate surface area is 169 Å². The maximum Gasteiger partial charge on any atom is 0.157 e. The van der Waals surface area contributed by atoms with Gasteiger partial charge in [0.05, 0.1) is 17.6 Å². The highest BCUT2D eigenvalue weighted by Gasteiger charge is 2.30. The van der Waals surface area contributed by atoms with Gasteiger partial charge in [-0.3, -0.25) is 4.98 Å². The molecule has 0 aromatic carbocycles. The van der Waals surface area contributed by atoms with E-state index >= 15 is 0 Å². The van der Waals surface area contributed by atoms with Gasteiger partial charge in [0, 0.05) is 67.9 Å². The number of ether oxygens (including phenoxy) is 1. The molecule has 0 spiro atoms. The Morgan fingerprint density at radius 2 is 2.07 bits per heavy atom. The van der Waals surface area contributed by atoms with E-state index in [-0.39, 0.29) is 17.6 Å². The Balaban J connectivity index is 1.56. The number of methoxy groups -OCH3 is 1. The fourth-order valence-corrected chi connectivity index (χ4v) is 5.40. The van der Waals surface area contributed by atoms with Crippen LogP contribution in [0.5, 0.6) is 0 Å². The van der Waals surface area contributed by atoms with Crippen LogP contribution in [-0.2, 0) is 14.6 Å². The number of nitrogens with two attached hydrogens (primary N) is 1. The first-order valence-corrected chi connectivity index (χ1v) is 11.2. The SMILES string of the molecule is COCCS(=O)(=O)C1CCN(c2ccncc2-c2cnc3cc(N)nn3c2)CC1. The van der Waals surface area contributed by atoms with Gasteiger partial charge in [0.15, 0.2) is 15.5 Å². The first-order valence-electron chi connectivity index (χ1n) is 9.48. The van der Waals surface area contributed by atoms with E-state index in [1.54, 1.807) is 29.2 Å². The Morgan fingerprint density at radius 1 is 1.28 bits per heavy atom. The standard InChI is InChI=1S/C19H24N6O3S/c1-28-8-9-29(26,27)15-3-6-24(7-4-15)17-2-5-21-12-16(17)14-11-22-19-10-18(20)23-25(19)13-14/h2,5,10-13,15H,3-4,6-9H2,1H3,(H2,20,23). The number of sulfone groups is 1. The Kier molecular flexibility index (Phi) is 5.37. The average molecular weight is 417 g/mol. The summed E-state index contributed by atoms with van der Waals surface area (Å²) in [5.74, 6) is 0.491. The van der Waals surface area contributed by atoms with Crippen molar-refractivity contribution < 1.29 is 13.2 Å². The molecule has 9 nitrogen and oxygen atoms in total. The molecule has 2 N–H and O–H groups in total. The van der Waals surface area contributed by atoms with Crippen molar-refractivity contribution in [1.29, 1.82) is 0 Å². The van der Waals surface area contributed by atoms with Gasteiger partial charge in [0.25, 0.3) is 0 Å². The molecular formula is C19H24N6O3S. The van der Waals surface area contributed by atoms with Crippen LogP contribution in [0, 0.1) is 0 Å². The van der Waals surface area contributed by atoms with Gasteiger partial charge in [0.2, 0.25) is 0 Å². The van der Waals surface area contributed by atoms with E-state index in [1.165, 1.54) is 7.11 Å². The lowest BCUT2D eigenvalue weighted by Crippen LogP contribution is -2.40. The molecular weight excluding hydrogens is 392 g/mol. The van der Waals surface area contributed by atoms with Crippen LogP contribution in [0.2, 0.25) is 0 Å². The number of fused-ring (bicyclic) bond motifs is 1. The van der Waals surface area contributed by atoms with E-state index < -0.39 is 9.84 Å². The van der Waals surface area contributed by atoms with Crippen molar-refractivity contribution >= 4 is 27.0 Å². The number of hydrogen-bond donors (Lipinski definition) is 1. The number of aromatic nitrogens is 4. The van der Waals surface area contributed by atoms with E-state index in [1.807, 2.05) is 12.3 Å². The zero-order valence-corrected chi connectivity index (χ0v) is 17.0. The molecule has 0 unspecified atom stereocenters. The molecule has 0 aliphatic carbocycles. The number of pyridine rings is 1. The average Bonchev–Trinajstić information content (AvgIpc) is 3.11. The minimum absolute atomic E-state index is 0.0767. The monoisotopic (exact) mass is 416 g/mol. The summed E-state index contributed by atoms with van der Waals surface area (Å²) in [6, 6.07) is 3.67. The number of hydrogen-bond acceptors (Lipinski definition) is 8. The maximum absolute atomic E-state index is 12.5.